The minimum Gasteiger partial charge on any atom is -0.319 e. The van der Waals surface area contributed by atoms with Crippen LogP contribution in [-0.2, 0) is 15.1 Å². The van der Waals surface area contributed by atoms with E-state index in [1.54, 1.807) is 16.7 Å². The molecule has 0 aliphatic carbocycles. The van der Waals surface area contributed by atoms with Crippen LogP contribution in [0.15, 0.2) is 59.5 Å². The van der Waals surface area contributed by atoms with Gasteiger partial charge in [-0.2, -0.15) is 0 Å². The Morgan fingerprint density at radius 1 is 1.13 bits per heavy atom. The van der Waals surface area contributed by atoms with Gasteiger partial charge in [0.1, 0.15) is 12.1 Å². The summed E-state index contributed by atoms with van der Waals surface area (Å²) in [4.78, 5) is 43.1. The van der Waals surface area contributed by atoms with Crippen LogP contribution in [0.5, 0.6) is 0 Å². The largest absolute Gasteiger partial charge is 0.325 e. The van der Waals surface area contributed by atoms with Crippen molar-refractivity contribution in [3.05, 3.63) is 60.2 Å². The summed E-state index contributed by atoms with van der Waals surface area (Å²) in [5.41, 5.74) is 0.444. The average molecular weight is 424 g/mol. The molecular weight excluding hydrogens is 398 g/mol. The summed E-state index contributed by atoms with van der Waals surface area (Å²) in [6.07, 6.45) is 1.25. The molecule has 30 heavy (non-hydrogen) atoms. The van der Waals surface area contributed by atoms with Crippen LogP contribution >= 0.6 is 11.8 Å². The number of nitrogens with zero attached hydrogens (tertiary/aromatic N) is 2. The first-order chi connectivity index (χ1) is 14.5. The third kappa shape index (κ3) is 3.47. The normalized spacial score (nSPS) is 23.7. The van der Waals surface area contributed by atoms with Crippen LogP contribution in [-0.4, -0.2) is 41.1 Å². The molecule has 4 rings (SSSR count). The number of anilines is 1. The maximum Gasteiger partial charge on any atom is 0.325 e. The number of para-hydroxylation sites is 1. The van der Waals surface area contributed by atoms with Crippen LogP contribution in [0.25, 0.3) is 0 Å². The summed E-state index contributed by atoms with van der Waals surface area (Å²) in [5.74, 6) is -0.624. The summed E-state index contributed by atoms with van der Waals surface area (Å²) in [6, 6.07) is 16.5. The number of benzene rings is 2. The van der Waals surface area contributed by atoms with Crippen molar-refractivity contribution in [3.63, 3.8) is 0 Å². The predicted molar refractivity (Wildman–Crippen MR) is 117 cm³/mol. The molecule has 2 atom stereocenters. The number of hydrogen-bond acceptors (Lipinski definition) is 4. The Balaban J connectivity index is 1.60. The van der Waals surface area contributed by atoms with E-state index in [9.17, 15) is 14.4 Å². The van der Waals surface area contributed by atoms with E-state index in [1.165, 1.54) is 0 Å². The van der Waals surface area contributed by atoms with E-state index in [2.05, 4.69) is 12.2 Å². The second-order valence-electron chi connectivity index (χ2n) is 7.68. The Morgan fingerprint density at radius 3 is 2.57 bits per heavy atom. The van der Waals surface area contributed by atoms with Crippen LogP contribution < -0.4 is 10.2 Å². The van der Waals surface area contributed by atoms with Crippen molar-refractivity contribution in [1.82, 2.24) is 10.2 Å². The molecule has 6 nitrogen and oxygen atoms in total. The number of amides is 4. The summed E-state index contributed by atoms with van der Waals surface area (Å²) in [7, 11) is 0. The molecule has 0 unspecified atom stereocenters. The Bertz CT molecular complexity index is 981. The van der Waals surface area contributed by atoms with E-state index in [-0.39, 0.29) is 18.4 Å². The molecule has 0 spiro atoms. The SMILES string of the molecule is CC[C@]1(c2ccccc2)NC(=O)N(CC(=O)N2CC[C@H](C)Sc3ccccc32)C1=O. The molecule has 156 valence electrons. The Morgan fingerprint density at radius 2 is 1.83 bits per heavy atom. The summed E-state index contributed by atoms with van der Waals surface area (Å²) in [5, 5.41) is 3.22. The zero-order chi connectivity index (χ0) is 21.3. The summed E-state index contributed by atoms with van der Waals surface area (Å²) >= 11 is 1.74. The Labute approximate surface area is 180 Å². The zero-order valence-electron chi connectivity index (χ0n) is 17.1. The fourth-order valence-corrected chi connectivity index (χ4v) is 5.21. The fraction of sp³-hybridized carbons (Fsp3) is 0.348. The number of urea groups is 1. The third-order valence-electron chi connectivity index (χ3n) is 5.81. The molecule has 1 fully saturated rings. The number of fused-ring (bicyclic) bond motifs is 1. The van der Waals surface area contributed by atoms with E-state index in [0.717, 1.165) is 27.5 Å². The highest BCUT2D eigenvalue weighted by Gasteiger charge is 2.51. The number of carbonyl (C=O) groups is 3. The van der Waals surface area contributed by atoms with Gasteiger partial charge in [0.15, 0.2) is 0 Å². The monoisotopic (exact) mass is 423 g/mol. The van der Waals surface area contributed by atoms with Crippen molar-refractivity contribution in [2.75, 3.05) is 18.0 Å². The number of imide groups is 1. The lowest BCUT2D eigenvalue weighted by Gasteiger charge is -2.27. The van der Waals surface area contributed by atoms with Gasteiger partial charge < -0.3 is 10.2 Å². The molecule has 0 bridgehead atoms. The lowest BCUT2D eigenvalue weighted by atomic mass is 9.87. The first-order valence-corrected chi connectivity index (χ1v) is 11.1. The van der Waals surface area contributed by atoms with Crippen molar-refractivity contribution >= 4 is 35.3 Å². The van der Waals surface area contributed by atoms with Crippen LogP contribution in [0.3, 0.4) is 0 Å². The van der Waals surface area contributed by atoms with E-state index >= 15 is 0 Å². The average Bonchev–Trinajstić information content (AvgIpc) is 2.89. The molecule has 1 N–H and O–H groups in total. The van der Waals surface area contributed by atoms with E-state index in [1.807, 2.05) is 61.5 Å². The predicted octanol–water partition coefficient (Wildman–Crippen LogP) is 3.76. The molecule has 2 aliphatic rings. The molecule has 2 aliphatic heterocycles. The van der Waals surface area contributed by atoms with Crippen molar-refractivity contribution in [2.45, 2.75) is 42.4 Å². The minimum atomic E-state index is -1.13. The lowest BCUT2D eigenvalue weighted by molar-refractivity contribution is -0.134. The molecule has 1 saturated heterocycles. The molecule has 2 aromatic carbocycles. The first kappa shape index (κ1) is 20.5. The van der Waals surface area contributed by atoms with Gasteiger partial charge in [-0.3, -0.25) is 14.5 Å². The van der Waals surface area contributed by atoms with E-state index in [0.29, 0.717) is 18.2 Å². The molecule has 0 radical (unpaired) electrons. The minimum absolute atomic E-state index is 0.249. The maximum atomic E-state index is 13.3. The third-order valence-corrected chi connectivity index (χ3v) is 7.05. The highest BCUT2D eigenvalue weighted by Crippen LogP contribution is 2.38. The standard InChI is InChI=1S/C23H25N3O3S/c1-3-23(17-9-5-4-6-10-17)21(28)26(22(29)24-23)15-20(27)25-14-13-16(2)30-19-12-8-7-11-18(19)25/h4-12,16H,3,13-15H2,1-2H3,(H,24,29)/t16-,23+/m0/s1. The number of carbonyl (C=O) groups excluding carboxylic acids is 3. The highest BCUT2D eigenvalue weighted by atomic mass is 32.2. The Kier molecular flexibility index (Phi) is 5.56. The molecule has 0 saturated carbocycles. The van der Waals surface area contributed by atoms with Gasteiger partial charge >= 0.3 is 6.03 Å². The van der Waals surface area contributed by atoms with Gasteiger partial charge in [0.05, 0.1) is 5.69 Å². The van der Waals surface area contributed by atoms with Crippen molar-refractivity contribution in [1.29, 1.82) is 0 Å². The molecule has 2 heterocycles. The smallest absolute Gasteiger partial charge is 0.319 e. The number of nitrogens with one attached hydrogen (secondary N) is 1. The second kappa shape index (κ2) is 8.14. The quantitative estimate of drug-likeness (QED) is 0.761. The summed E-state index contributed by atoms with van der Waals surface area (Å²) < 4.78 is 0. The topological polar surface area (TPSA) is 69.7 Å². The van der Waals surface area contributed by atoms with Gasteiger partial charge in [-0.25, -0.2) is 4.79 Å². The van der Waals surface area contributed by atoms with Gasteiger partial charge in [0.2, 0.25) is 5.91 Å². The number of thioether (sulfide) groups is 1. The van der Waals surface area contributed by atoms with Crippen molar-refractivity contribution < 1.29 is 14.4 Å². The zero-order valence-corrected chi connectivity index (χ0v) is 17.9. The van der Waals surface area contributed by atoms with E-state index < -0.39 is 11.6 Å². The first-order valence-electron chi connectivity index (χ1n) is 10.2. The van der Waals surface area contributed by atoms with Crippen LogP contribution in [0.4, 0.5) is 10.5 Å². The molecular formula is C23H25N3O3S. The number of rotatable bonds is 4. The van der Waals surface area contributed by atoms with Crippen LogP contribution in [0.2, 0.25) is 0 Å². The molecule has 4 amide bonds. The molecule has 0 aromatic heterocycles. The van der Waals surface area contributed by atoms with Crippen molar-refractivity contribution in [2.24, 2.45) is 0 Å². The van der Waals surface area contributed by atoms with Crippen LogP contribution in [0.1, 0.15) is 32.3 Å². The summed E-state index contributed by atoms with van der Waals surface area (Å²) in [6.45, 7) is 4.29. The van der Waals surface area contributed by atoms with E-state index in [4.69, 9.17) is 0 Å². The number of hydrogen-bond donors (Lipinski definition) is 1. The van der Waals surface area contributed by atoms with Gasteiger partial charge in [0.25, 0.3) is 5.91 Å². The Hall–Kier alpha value is -2.80. The highest BCUT2D eigenvalue weighted by molar-refractivity contribution is 8.00. The van der Waals surface area contributed by atoms with Gasteiger partial charge in [-0.05, 0) is 30.5 Å². The molecule has 2 aromatic rings. The van der Waals surface area contributed by atoms with Gasteiger partial charge in [-0.15, -0.1) is 11.8 Å². The maximum absolute atomic E-state index is 13.3. The second-order valence-corrected chi connectivity index (χ2v) is 9.16. The lowest BCUT2D eigenvalue weighted by Crippen LogP contribution is -2.46. The van der Waals surface area contributed by atoms with Gasteiger partial charge in [-0.1, -0.05) is 56.3 Å². The van der Waals surface area contributed by atoms with Crippen molar-refractivity contribution in [3.8, 4) is 0 Å². The van der Waals surface area contributed by atoms with Gasteiger partial charge in [0, 0.05) is 16.7 Å². The fourth-order valence-electron chi connectivity index (χ4n) is 4.10. The van der Waals surface area contributed by atoms with Crippen LogP contribution in [0, 0.1) is 0 Å². The molecule has 7 heteroatoms.